The summed E-state index contributed by atoms with van der Waals surface area (Å²) in [4.78, 5) is 13.0. The summed E-state index contributed by atoms with van der Waals surface area (Å²) in [5.41, 5.74) is 0. The third-order valence-electron chi connectivity index (χ3n) is 4.01. The monoisotopic (exact) mass is 289 g/mol. The van der Waals surface area contributed by atoms with Crippen LogP contribution in [0.5, 0.6) is 0 Å². The van der Waals surface area contributed by atoms with E-state index in [1.165, 1.54) is 24.2 Å². The van der Waals surface area contributed by atoms with Gasteiger partial charge in [-0.2, -0.15) is 0 Å². The lowest BCUT2D eigenvalue weighted by Crippen LogP contribution is -2.42. The smallest absolute Gasteiger partial charge is 0.261 e. The highest BCUT2D eigenvalue weighted by Gasteiger charge is 2.27. The largest absolute Gasteiger partial charge is 0.469 e. The molecule has 1 N–H and O–H groups in total. The Morgan fingerprint density at radius 1 is 1.30 bits per heavy atom. The van der Waals surface area contributed by atoms with Gasteiger partial charge in [0.2, 0.25) is 0 Å². The maximum atomic E-state index is 12.2. The van der Waals surface area contributed by atoms with Gasteiger partial charge in [-0.1, -0.05) is 18.9 Å². The quantitative estimate of drug-likeness (QED) is 0.928. The number of thiophene rings is 1. The number of rotatable bonds is 4. The fourth-order valence-corrected chi connectivity index (χ4v) is 3.60. The van der Waals surface area contributed by atoms with Gasteiger partial charge in [0.15, 0.2) is 0 Å². The second kappa shape index (κ2) is 6.27. The fourth-order valence-electron chi connectivity index (χ4n) is 2.98. The minimum absolute atomic E-state index is 0.0661. The third-order valence-corrected chi connectivity index (χ3v) is 4.88. The predicted molar refractivity (Wildman–Crippen MR) is 79.9 cm³/mol. The summed E-state index contributed by atoms with van der Waals surface area (Å²) < 4.78 is 5.45. The first-order chi connectivity index (χ1) is 9.83. The van der Waals surface area contributed by atoms with Crippen LogP contribution in [-0.4, -0.2) is 11.9 Å². The number of hydrogen-bond acceptors (Lipinski definition) is 3. The molecule has 1 amide bonds. The highest BCUT2D eigenvalue weighted by Crippen LogP contribution is 2.28. The Bertz CT molecular complexity index is 533. The minimum Gasteiger partial charge on any atom is -0.469 e. The molecule has 1 aliphatic rings. The van der Waals surface area contributed by atoms with Gasteiger partial charge < -0.3 is 9.73 Å². The molecule has 2 aromatic rings. The van der Waals surface area contributed by atoms with Crippen molar-refractivity contribution in [2.45, 2.75) is 38.1 Å². The Morgan fingerprint density at radius 2 is 2.20 bits per heavy atom. The molecule has 0 aromatic carbocycles. The summed E-state index contributed by atoms with van der Waals surface area (Å²) in [5, 5.41) is 5.15. The van der Waals surface area contributed by atoms with Crippen molar-refractivity contribution in [3.63, 3.8) is 0 Å². The predicted octanol–water partition coefficient (Wildman–Crippen LogP) is 3.87. The Kier molecular flexibility index (Phi) is 4.21. The molecule has 20 heavy (non-hydrogen) atoms. The Labute approximate surface area is 123 Å². The topological polar surface area (TPSA) is 42.2 Å². The summed E-state index contributed by atoms with van der Waals surface area (Å²) in [6.07, 6.45) is 7.32. The zero-order chi connectivity index (χ0) is 13.8. The van der Waals surface area contributed by atoms with Gasteiger partial charge in [-0.15, -0.1) is 11.3 Å². The minimum atomic E-state index is 0.0661. The first-order valence-corrected chi connectivity index (χ1v) is 8.07. The second-order valence-corrected chi connectivity index (χ2v) is 6.33. The van der Waals surface area contributed by atoms with Crippen LogP contribution in [0.1, 0.15) is 41.1 Å². The van der Waals surface area contributed by atoms with Gasteiger partial charge in [-0.05, 0) is 42.3 Å². The highest BCUT2D eigenvalue weighted by atomic mass is 32.1. The molecule has 3 nitrogen and oxygen atoms in total. The van der Waals surface area contributed by atoms with Gasteiger partial charge in [0.25, 0.3) is 5.91 Å². The van der Waals surface area contributed by atoms with Crippen LogP contribution in [0, 0.1) is 5.92 Å². The van der Waals surface area contributed by atoms with Crippen LogP contribution in [0.2, 0.25) is 0 Å². The van der Waals surface area contributed by atoms with Crippen LogP contribution in [0.3, 0.4) is 0 Å². The summed E-state index contributed by atoms with van der Waals surface area (Å²) >= 11 is 1.50. The molecular weight excluding hydrogens is 270 g/mol. The molecule has 2 aromatic heterocycles. The first kappa shape index (κ1) is 13.4. The van der Waals surface area contributed by atoms with E-state index in [0.717, 1.165) is 29.9 Å². The lowest BCUT2D eigenvalue weighted by molar-refractivity contribution is 0.0908. The Balaban J connectivity index is 1.64. The molecule has 1 fully saturated rings. The van der Waals surface area contributed by atoms with Crippen molar-refractivity contribution in [3.8, 4) is 0 Å². The molecule has 0 aliphatic heterocycles. The van der Waals surface area contributed by atoms with Gasteiger partial charge in [-0.25, -0.2) is 0 Å². The van der Waals surface area contributed by atoms with Crippen molar-refractivity contribution in [3.05, 3.63) is 46.5 Å². The van der Waals surface area contributed by atoms with Crippen LogP contribution in [0.4, 0.5) is 0 Å². The van der Waals surface area contributed by atoms with Crippen LogP contribution in [-0.2, 0) is 6.42 Å². The molecule has 1 saturated carbocycles. The van der Waals surface area contributed by atoms with Crippen molar-refractivity contribution >= 4 is 17.2 Å². The highest BCUT2D eigenvalue weighted by molar-refractivity contribution is 7.12. The zero-order valence-electron chi connectivity index (χ0n) is 11.4. The number of hydrogen-bond donors (Lipinski definition) is 1. The SMILES string of the molecule is O=C(N[C@@H]1CCCC[C@H]1Cc1ccco1)c1cccs1. The summed E-state index contributed by atoms with van der Waals surface area (Å²) in [6.45, 7) is 0. The molecule has 3 rings (SSSR count). The van der Waals surface area contributed by atoms with E-state index in [1.807, 2.05) is 29.6 Å². The van der Waals surface area contributed by atoms with Gasteiger partial charge >= 0.3 is 0 Å². The number of nitrogens with one attached hydrogen (secondary N) is 1. The second-order valence-electron chi connectivity index (χ2n) is 5.39. The molecule has 0 bridgehead atoms. The van der Waals surface area contributed by atoms with E-state index in [0.29, 0.717) is 5.92 Å². The maximum absolute atomic E-state index is 12.2. The number of amides is 1. The van der Waals surface area contributed by atoms with Gasteiger partial charge in [0.1, 0.15) is 5.76 Å². The molecule has 2 heterocycles. The average molecular weight is 289 g/mol. The van der Waals surface area contributed by atoms with Crippen LogP contribution in [0.25, 0.3) is 0 Å². The molecular formula is C16H19NO2S. The standard InChI is InChI=1S/C16H19NO2S/c18-16(15-8-4-10-20-15)17-14-7-2-1-5-12(14)11-13-6-3-9-19-13/h3-4,6,8-10,12,14H,1-2,5,7,11H2,(H,17,18)/t12-,14+/m0/s1. The molecule has 0 saturated heterocycles. The molecule has 0 unspecified atom stereocenters. The lowest BCUT2D eigenvalue weighted by Gasteiger charge is -2.31. The Hall–Kier alpha value is -1.55. The van der Waals surface area contributed by atoms with Crippen molar-refractivity contribution in [2.24, 2.45) is 5.92 Å². The molecule has 0 radical (unpaired) electrons. The van der Waals surface area contributed by atoms with Crippen molar-refractivity contribution in [2.75, 3.05) is 0 Å². The fraction of sp³-hybridized carbons (Fsp3) is 0.438. The van der Waals surface area contributed by atoms with Crippen LogP contribution in [0.15, 0.2) is 40.3 Å². The maximum Gasteiger partial charge on any atom is 0.261 e. The van der Waals surface area contributed by atoms with E-state index in [4.69, 9.17) is 4.42 Å². The van der Waals surface area contributed by atoms with E-state index in [2.05, 4.69) is 5.32 Å². The van der Waals surface area contributed by atoms with Crippen molar-refractivity contribution < 1.29 is 9.21 Å². The number of carbonyl (C=O) groups is 1. The average Bonchev–Trinajstić information content (AvgIpc) is 3.13. The Morgan fingerprint density at radius 3 is 2.95 bits per heavy atom. The van der Waals surface area contributed by atoms with E-state index < -0.39 is 0 Å². The van der Waals surface area contributed by atoms with Crippen LogP contribution < -0.4 is 5.32 Å². The zero-order valence-corrected chi connectivity index (χ0v) is 12.2. The summed E-state index contributed by atoms with van der Waals surface area (Å²) in [6, 6.07) is 8.01. The van der Waals surface area contributed by atoms with Gasteiger partial charge in [0.05, 0.1) is 11.1 Å². The summed E-state index contributed by atoms with van der Waals surface area (Å²) in [5.74, 6) is 1.57. The van der Waals surface area contributed by atoms with Crippen molar-refractivity contribution in [1.82, 2.24) is 5.32 Å². The van der Waals surface area contributed by atoms with E-state index >= 15 is 0 Å². The van der Waals surface area contributed by atoms with Gasteiger partial charge in [0, 0.05) is 12.5 Å². The normalized spacial score (nSPS) is 22.6. The molecule has 4 heteroatoms. The first-order valence-electron chi connectivity index (χ1n) is 7.19. The molecule has 106 valence electrons. The third kappa shape index (κ3) is 3.12. The molecule has 1 aliphatic carbocycles. The van der Waals surface area contributed by atoms with E-state index in [9.17, 15) is 4.79 Å². The number of furan rings is 1. The summed E-state index contributed by atoms with van der Waals surface area (Å²) in [7, 11) is 0. The lowest BCUT2D eigenvalue weighted by atomic mass is 9.82. The van der Waals surface area contributed by atoms with E-state index in [-0.39, 0.29) is 11.9 Å². The van der Waals surface area contributed by atoms with E-state index in [1.54, 1.807) is 6.26 Å². The number of carbonyl (C=O) groups excluding carboxylic acids is 1. The molecule has 0 spiro atoms. The van der Waals surface area contributed by atoms with Crippen LogP contribution >= 0.6 is 11.3 Å². The van der Waals surface area contributed by atoms with Gasteiger partial charge in [-0.3, -0.25) is 4.79 Å². The molecule has 2 atom stereocenters. The van der Waals surface area contributed by atoms with Crippen molar-refractivity contribution in [1.29, 1.82) is 0 Å².